The van der Waals surface area contributed by atoms with Gasteiger partial charge in [-0.15, -0.1) is 0 Å². The molecule has 1 aliphatic rings. The largest absolute Gasteiger partial charge is 0.342 e. The molecule has 35 heavy (non-hydrogen) atoms. The number of benzene rings is 4. The van der Waals surface area contributed by atoms with Crippen LogP contribution < -0.4 is 4.90 Å². The number of anilines is 1. The van der Waals surface area contributed by atoms with E-state index in [-0.39, 0.29) is 23.7 Å². The lowest BCUT2D eigenvalue weighted by Crippen LogP contribution is -2.49. The van der Waals surface area contributed by atoms with E-state index in [0.717, 1.165) is 11.1 Å². The number of hydrogen-bond acceptors (Lipinski definition) is 4. The third kappa shape index (κ3) is 4.36. The first-order chi connectivity index (χ1) is 17.0. The summed E-state index contributed by atoms with van der Waals surface area (Å²) in [5.74, 6) is -0.808. The fourth-order valence-electron chi connectivity index (χ4n) is 4.54. The summed E-state index contributed by atoms with van der Waals surface area (Å²) in [7, 11) is 0. The van der Waals surface area contributed by atoms with Crippen molar-refractivity contribution in [1.82, 2.24) is 4.90 Å². The van der Waals surface area contributed by atoms with Crippen LogP contribution in [0.15, 0.2) is 103 Å². The molecule has 0 aliphatic carbocycles. The molecule has 0 saturated carbocycles. The molecule has 0 saturated heterocycles. The van der Waals surface area contributed by atoms with E-state index in [4.69, 9.17) is 0 Å². The number of fused-ring (bicyclic) bond motifs is 1. The van der Waals surface area contributed by atoms with Crippen molar-refractivity contribution in [3.05, 3.63) is 141 Å². The molecule has 174 valence electrons. The highest BCUT2D eigenvalue weighted by Crippen LogP contribution is 2.42. The third-order valence-corrected chi connectivity index (χ3v) is 6.16. The van der Waals surface area contributed by atoms with Gasteiger partial charge >= 0.3 is 0 Å². The maximum Gasteiger partial charge on any atom is 0.270 e. The molecule has 0 aromatic heterocycles. The molecule has 1 aliphatic heterocycles. The summed E-state index contributed by atoms with van der Waals surface area (Å²) in [4.78, 5) is 28.3. The Morgan fingerprint density at radius 3 is 1.94 bits per heavy atom. The van der Waals surface area contributed by atoms with Crippen molar-refractivity contribution in [2.45, 2.75) is 19.3 Å². The van der Waals surface area contributed by atoms with Crippen LogP contribution in [0.4, 0.5) is 15.8 Å². The van der Waals surface area contributed by atoms with Gasteiger partial charge in [-0.05, 0) is 23.3 Å². The zero-order chi connectivity index (χ0) is 24.4. The van der Waals surface area contributed by atoms with E-state index in [1.54, 1.807) is 29.2 Å². The number of carbonyl (C=O) groups is 1. The second-order valence-electron chi connectivity index (χ2n) is 8.39. The quantitative estimate of drug-likeness (QED) is 0.254. The predicted molar refractivity (Wildman–Crippen MR) is 131 cm³/mol. The molecule has 0 radical (unpaired) electrons. The summed E-state index contributed by atoms with van der Waals surface area (Å²) < 4.78 is 15.2. The van der Waals surface area contributed by atoms with Crippen molar-refractivity contribution in [3.8, 4) is 0 Å². The second-order valence-corrected chi connectivity index (χ2v) is 8.39. The molecule has 7 heteroatoms. The SMILES string of the molecule is O=C1c2cc([N+](=O)[O-])ccc2N(Cc2ccccc2)[C@@H](c2ccccc2F)N1Cc1ccccc1. The predicted octanol–water partition coefficient (Wildman–Crippen LogP) is 6.10. The van der Waals surface area contributed by atoms with Gasteiger partial charge in [-0.25, -0.2) is 4.39 Å². The number of halogens is 1. The van der Waals surface area contributed by atoms with Crippen LogP contribution in [0.25, 0.3) is 0 Å². The Balaban J connectivity index is 1.71. The van der Waals surface area contributed by atoms with Gasteiger partial charge in [0.05, 0.1) is 16.2 Å². The molecule has 0 fully saturated rings. The molecular weight excluding hydrogens is 445 g/mol. The van der Waals surface area contributed by atoms with Gasteiger partial charge < -0.3 is 9.80 Å². The summed E-state index contributed by atoms with van der Waals surface area (Å²) in [5, 5.41) is 11.5. The summed E-state index contributed by atoms with van der Waals surface area (Å²) in [6.45, 7) is 0.593. The van der Waals surface area contributed by atoms with Gasteiger partial charge in [0.15, 0.2) is 0 Å². The third-order valence-electron chi connectivity index (χ3n) is 6.16. The Morgan fingerprint density at radius 2 is 1.34 bits per heavy atom. The van der Waals surface area contributed by atoms with Crippen LogP contribution in [0.5, 0.6) is 0 Å². The molecular formula is C28H22FN3O3. The number of amides is 1. The molecule has 5 rings (SSSR count). The monoisotopic (exact) mass is 467 g/mol. The van der Waals surface area contributed by atoms with Gasteiger partial charge in [0.25, 0.3) is 11.6 Å². The first kappa shape index (κ1) is 22.3. The molecule has 0 spiro atoms. The molecule has 4 aromatic rings. The second kappa shape index (κ2) is 9.38. The number of non-ortho nitro benzene ring substituents is 1. The van der Waals surface area contributed by atoms with Crippen molar-refractivity contribution >= 4 is 17.3 Å². The highest BCUT2D eigenvalue weighted by Gasteiger charge is 2.40. The summed E-state index contributed by atoms with van der Waals surface area (Å²) in [6, 6.07) is 29.8. The first-order valence-corrected chi connectivity index (χ1v) is 11.2. The van der Waals surface area contributed by atoms with Crippen molar-refractivity contribution < 1.29 is 14.1 Å². The van der Waals surface area contributed by atoms with Crippen molar-refractivity contribution in [2.75, 3.05) is 4.90 Å². The maximum atomic E-state index is 15.2. The number of nitro benzene ring substituents is 1. The minimum Gasteiger partial charge on any atom is -0.342 e. The van der Waals surface area contributed by atoms with Gasteiger partial charge in [-0.2, -0.15) is 0 Å². The Hall–Kier alpha value is -4.52. The van der Waals surface area contributed by atoms with E-state index in [0.29, 0.717) is 17.8 Å². The number of hydrogen-bond donors (Lipinski definition) is 0. The van der Waals surface area contributed by atoms with Gasteiger partial charge in [0.1, 0.15) is 12.0 Å². The molecule has 1 amide bonds. The van der Waals surface area contributed by atoms with Crippen LogP contribution in [-0.4, -0.2) is 15.7 Å². The topological polar surface area (TPSA) is 66.7 Å². The summed E-state index contributed by atoms with van der Waals surface area (Å²) >= 11 is 0. The molecule has 6 nitrogen and oxygen atoms in total. The molecule has 4 aromatic carbocycles. The minimum absolute atomic E-state index is 0.166. The fourth-order valence-corrected chi connectivity index (χ4v) is 4.54. The van der Waals surface area contributed by atoms with E-state index in [9.17, 15) is 14.9 Å². The lowest BCUT2D eigenvalue weighted by Gasteiger charge is -2.46. The first-order valence-electron chi connectivity index (χ1n) is 11.2. The molecule has 0 bridgehead atoms. The Kier molecular flexibility index (Phi) is 5.97. The lowest BCUT2D eigenvalue weighted by molar-refractivity contribution is -0.384. The van der Waals surface area contributed by atoms with Crippen molar-refractivity contribution in [1.29, 1.82) is 0 Å². The van der Waals surface area contributed by atoms with Gasteiger partial charge in [-0.1, -0.05) is 78.9 Å². The average molecular weight is 468 g/mol. The van der Waals surface area contributed by atoms with E-state index >= 15 is 4.39 Å². The van der Waals surface area contributed by atoms with Crippen LogP contribution in [0.2, 0.25) is 0 Å². The number of nitro groups is 1. The zero-order valence-corrected chi connectivity index (χ0v) is 18.8. The van der Waals surface area contributed by atoms with E-state index in [1.165, 1.54) is 18.2 Å². The van der Waals surface area contributed by atoms with Crippen molar-refractivity contribution in [3.63, 3.8) is 0 Å². The highest BCUT2D eigenvalue weighted by atomic mass is 19.1. The maximum absolute atomic E-state index is 15.2. The van der Waals surface area contributed by atoms with Crippen LogP contribution >= 0.6 is 0 Å². The Morgan fingerprint density at radius 1 is 0.771 bits per heavy atom. The molecule has 0 unspecified atom stereocenters. The van der Waals surface area contributed by atoms with Crippen LogP contribution in [0.1, 0.15) is 33.2 Å². The van der Waals surface area contributed by atoms with E-state index < -0.39 is 16.9 Å². The minimum atomic E-state index is -0.752. The van der Waals surface area contributed by atoms with Crippen molar-refractivity contribution in [2.24, 2.45) is 0 Å². The molecule has 1 heterocycles. The Bertz CT molecular complexity index is 1380. The molecule has 0 N–H and O–H groups in total. The smallest absolute Gasteiger partial charge is 0.270 e. The van der Waals surface area contributed by atoms with E-state index in [2.05, 4.69) is 0 Å². The number of carbonyl (C=O) groups excluding carboxylic acids is 1. The number of rotatable bonds is 6. The Labute approximate surface area is 202 Å². The summed E-state index contributed by atoms with van der Waals surface area (Å²) in [5.41, 5.74) is 2.78. The standard InChI is InChI=1S/C28H22FN3O3/c29-25-14-8-7-13-23(25)27-30(18-20-9-3-1-4-10-20)26-16-15-22(32(34)35)17-24(26)28(33)31(27)19-21-11-5-2-6-12-21/h1-17,27H,18-19H2/t27-/m1/s1. The van der Waals surface area contributed by atoms with Gasteiger partial charge in [0.2, 0.25) is 0 Å². The lowest BCUT2D eigenvalue weighted by atomic mass is 9.98. The van der Waals surface area contributed by atoms with E-state index in [1.807, 2.05) is 65.6 Å². The highest BCUT2D eigenvalue weighted by molar-refractivity contribution is 6.02. The van der Waals surface area contributed by atoms with Crippen LogP contribution in [-0.2, 0) is 13.1 Å². The van der Waals surface area contributed by atoms with Gasteiger partial charge in [0, 0.05) is 30.8 Å². The van der Waals surface area contributed by atoms with Crippen LogP contribution in [0.3, 0.4) is 0 Å². The average Bonchev–Trinajstić information content (AvgIpc) is 2.88. The number of nitrogens with zero attached hydrogens (tertiary/aromatic N) is 3. The zero-order valence-electron chi connectivity index (χ0n) is 18.8. The fraction of sp³-hybridized carbons (Fsp3) is 0.107. The molecule has 1 atom stereocenters. The normalized spacial score (nSPS) is 15.1. The van der Waals surface area contributed by atoms with Gasteiger partial charge in [-0.3, -0.25) is 14.9 Å². The summed E-state index contributed by atoms with van der Waals surface area (Å²) in [6.07, 6.45) is -0.752. The van der Waals surface area contributed by atoms with Crippen LogP contribution in [0, 0.1) is 15.9 Å².